The smallest absolute Gasteiger partial charge is 0.0344 e. The number of hydrogen-bond acceptors (Lipinski definition) is 2. The van der Waals surface area contributed by atoms with Crippen molar-refractivity contribution in [2.45, 2.75) is 6.92 Å². The molecule has 0 aliphatic carbocycles. The van der Waals surface area contributed by atoms with Crippen LogP contribution < -0.4 is 11.1 Å². The Balaban J connectivity index is 2.69. The highest BCUT2D eigenvalue weighted by Gasteiger charge is 1.95. The van der Waals surface area contributed by atoms with Crippen molar-refractivity contribution in [2.24, 2.45) is 5.73 Å². The second-order valence-corrected chi connectivity index (χ2v) is 3.53. The molecule has 0 heterocycles. The molecular formula is C9H13BrN2. The normalized spacial score (nSPS) is 9.92. The molecule has 0 aliphatic rings. The summed E-state index contributed by atoms with van der Waals surface area (Å²) in [5.41, 5.74) is 7.73. The van der Waals surface area contributed by atoms with Gasteiger partial charge in [0.1, 0.15) is 0 Å². The average Bonchev–Trinajstić information content (AvgIpc) is 2.07. The lowest BCUT2D eigenvalue weighted by molar-refractivity contribution is 1.02. The van der Waals surface area contributed by atoms with E-state index in [1.54, 1.807) is 0 Å². The van der Waals surface area contributed by atoms with Gasteiger partial charge in [0.05, 0.1) is 0 Å². The van der Waals surface area contributed by atoms with E-state index in [1.807, 2.05) is 12.1 Å². The number of rotatable bonds is 3. The summed E-state index contributed by atoms with van der Waals surface area (Å²) in [6.45, 7) is 3.55. The van der Waals surface area contributed by atoms with Crippen LogP contribution in [-0.2, 0) is 0 Å². The minimum absolute atomic E-state index is 0.662. The first-order chi connectivity index (χ1) is 5.74. The highest BCUT2D eigenvalue weighted by Crippen LogP contribution is 2.19. The van der Waals surface area contributed by atoms with Gasteiger partial charge in [-0.05, 0) is 30.7 Å². The topological polar surface area (TPSA) is 38.0 Å². The van der Waals surface area contributed by atoms with Crippen molar-refractivity contribution in [3.8, 4) is 0 Å². The van der Waals surface area contributed by atoms with Crippen molar-refractivity contribution in [3.63, 3.8) is 0 Å². The number of hydrogen-bond donors (Lipinski definition) is 2. The molecule has 12 heavy (non-hydrogen) atoms. The number of anilines is 1. The molecule has 0 atom stereocenters. The number of halogens is 1. The largest absolute Gasteiger partial charge is 0.384 e. The zero-order chi connectivity index (χ0) is 8.97. The first kappa shape index (κ1) is 9.55. The van der Waals surface area contributed by atoms with E-state index in [-0.39, 0.29) is 0 Å². The van der Waals surface area contributed by atoms with Crippen LogP contribution in [0.15, 0.2) is 22.7 Å². The number of nitrogens with two attached hydrogens (primary N) is 1. The highest BCUT2D eigenvalue weighted by atomic mass is 79.9. The van der Waals surface area contributed by atoms with Gasteiger partial charge < -0.3 is 11.1 Å². The van der Waals surface area contributed by atoms with Crippen molar-refractivity contribution >= 4 is 21.6 Å². The molecule has 1 aromatic carbocycles. The van der Waals surface area contributed by atoms with Crippen LogP contribution in [-0.4, -0.2) is 13.1 Å². The summed E-state index contributed by atoms with van der Waals surface area (Å²) in [6.07, 6.45) is 0. The quantitative estimate of drug-likeness (QED) is 0.833. The molecule has 0 spiro atoms. The Morgan fingerprint density at radius 2 is 2.25 bits per heavy atom. The van der Waals surface area contributed by atoms with Crippen molar-refractivity contribution in [1.29, 1.82) is 0 Å². The standard InChI is InChI=1S/C9H13BrN2/c1-7-6-8(12-5-4-11)2-3-9(7)10/h2-3,6,12H,4-5,11H2,1H3. The van der Waals surface area contributed by atoms with E-state index in [4.69, 9.17) is 5.73 Å². The minimum Gasteiger partial charge on any atom is -0.384 e. The summed E-state index contributed by atoms with van der Waals surface area (Å²) < 4.78 is 1.14. The van der Waals surface area contributed by atoms with Crippen LogP contribution in [0.4, 0.5) is 5.69 Å². The summed E-state index contributed by atoms with van der Waals surface area (Å²) in [5.74, 6) is 0. The van der Waals surface area contributed by atoms with Crippen LogP contribution in [0.25, 0.3) is 0 Å². The first-order valence-electron chi connectivity index (χ1n) is 3.94. The van der Waals surface area contributed by atoms with Gasteiger partial charge in [-0.15, -0.1) is 0 Å². The lowest BCUT2D eigenvalue weighted by Crippen LogP contribution is -2.12. The average molecular weight is 229 g/mol. The van der Waals surface area contributed by atoms with Crippen LogP contribution in [0.3, 0.4) is 0 Å². The van der Waals surface area contributed by atoms with Gasteiger partial charge in [0.2, 0.25) is 0 Å². The van der Waals surface area contributed by atoms with Crippen molar-refractivity contribution < 1.29 is 0 Å². The molecule has 0 aromatic heterocycles. The molecule has 0 amide bonds. The van der Waals surface area contributed by atoms with Gasteiger partial charge in [0, 0.05) is 23.2 Å². The zero-order valence-electron chi connectivity index (χ0n) is 7.10. The van der Waals surface area contributed by atoms with Crippen LogP contribution in [0, 0.1) is 6.92 Å². The maximum atomic E-state index is 5.37. The Morgan fingerprint density at radius 3 is 2.83 bits per heavy atom. The molecule has 3 N–H and O–H groups in total. The summed E-state index contributed by atoms with van der Waals surface area (Å²) in [6, 6.07) is 6.17. The number of nitrogens with one attached hydrogen (secondary N) is 1. The van der Waals surface area contributed by atoms with E-state index in [9.17, 15) is 0 Å². The van der Waals surface area contributed by atoms with E-state index in [2.05, 4.69) is 34.2 Å². The Kier molecular flexibility index (Phi) is 3.56. The molecular weight excluding hydrogens is 216 g/mol. The molecule has 0 aliphatic heterocycles. The maximum absolute atomic E-state index is 5.37. The summed E-state index contributed by atoms with van der Waals surface area (Å²) >= 11 is 3.45. The van der Waals surface area contributed by atoms with Gasteiger partial charge >= 0.3 is 0 Å². The SMILES string of the molecule is Cc1cc(NCCN)ccc1Br. The lowest BCUT2D eigenvalue weighted by Gasteiger charge is -2.06. The third kappa shape index (κ3) is 2.50. The molecule has 1 rings (SSSR count). The molecule has 0 saturated heterocycles. The molecule has 1 aromatic rings. The Labute approximate surface area is 81.3 Å². The van der Waals surface area contributed by atoms with Gasteiger partial charge in [0.15, 0.2) is 0 Å². The molecule has 0 unspecified atom stereocenters. The number of benzene rings is 1. The molecule has 0 bridgehead atoms. The monoisotopic (exact) mass is 228 g/mol. The van der Waals surface area contributed by atoms with Crippen molar-refractivity contribution in [1.82, 2.24) is 0 Å². The third-order valence-electron chi connectivity index (χ3n) is 1.63. The Hall–Kier alpha value is -0.540. The first-order valence-corrected chi connectivity index (χ1v) is 4.73. The lowest BCUT2D eigenvalue weighted by atomic mass is 10.2. The summed E-state index contributed by atoms with van der Waals surface area (Å²) in [5, 5.41) is 3.22. The predicted octanol–water partition coefficient (Wildman–Crippen LogP) is 2.13. The highest BCUT2D eigenvalue weighted by molar-refractivity contribution is 9.10. The second kappa shape index (κ2) is 4.48. The fraction of sp³-hybridized carbons (Fsp3) is 0.333. The van der Waals surface area contributed by atoms with Crippen LogP contribution >= 0.6 is 15.9 Å². The van der Waals surface area contributed by atoms with Gasteiger partial charge in [-0.25, -0.2) is 0 Å². The van der Waals surface area contributed by atoms with E-state index >= 15 is 0 Å². The van der Waals surface area contributed by atoms with E-state index < -0.39 is 0 Å². The minimum atomic E-state index is 0.662. The molecule has 2 nitrogen and oxygen atoms in total. The van der Waals surface area contributed by atoms with Gasteiger partial charge in [-0.2, -0.15) is 0 Å². The van der Waals surface area contributed by atoms with Gasteiger partial charge in [-0.1, -0.05) is 15.9 Å². The van der Waals surface area contributed by atoms with E-state index in [0.717, 1.165) is 16.7 Å². The molecule has 0 fully saturated rings. The van der Waals surface area contributed by atoms with Gasteiger partial charge in [0.25, 0.3) is 0 Å². The zero-order valence-corrected chi connectivity index (χ0v) is 8.69. The third-order valence-corrected chi connectivity index (χ3v) is 2.52. The fourth-order valence-corrected chi connectivity index (χ4v) is 1.22. The summed E-state index contributed by atoms with van der Waals surface area (Å²) in [4.78, 5) is 0. The van der Waals surface area contributed by atoms with Gasteiger partial charge in [-0.3, -0.25) is 0 Å². The maximum Gasteiger partial charge on any atom is 0.0344 e. The molecule has 0 saturated carbocycles. The van der Waals surface area contributed by atoms with E-state index in [0.29, 0.717) is 6.54 Å². The molecule has 0 radical (unpaired) electrons. The summed E-state index contributed by atoms with van der Waals surface area (Å²) in [7, 11) is 0. The van der Waals surface area contributed by atoms with Crippen LogP contribution in [0.5, 0.6) is 0 Å². The van der Waals surface area contributed by atoms with Crippen LogP contribution in [0.2, 0.25) is 0 Å². The van der Waals surface area contributed by atoms with Crippen molar-refractivity contribution in [3.05, 3.63) is 28.2 Å². The molecule has 3 heteroatoms. The van der Waals surface area contributed by atoms with Crippen molar-refractivity contribution in [2.75, 3.05) is 18.4 Å². The second-order valence-electron chi connectivity index (χ2n) is 2.68. The molecule has 66 valence electrons. The Morgan fingerprint density at radius 1 is 1.50 bits per heavy atom. The fourth-order valence-electron chi connectivity index (χ4n) is 0.971. The number of aryl methyl sites for hydroxylation is 1. The van der Waals surface area contributed by atoms with Crippen LogP contribution in [0.1, 0.15) is 5.56 Å². The van der Waals surface area contributed by atoms with E-state index in [1.165, 1.54) is 5.56 Å². The Bertz CT molecular complexity index is 261. The predicted molar refractivity (Wildman–Crippen MR) is 56.4 cm³/mol.